The minimum atomic E-state index is 0.464. The zero-order chi connectivity index (χ0) is 23.2. The number of isocyanates is 4. The van der Waals surface area contributed by atoms with Crippen molar-refractivity contribution in [1.82, 2.24) is 0 Å². The van der Waals surface area contributed by atoms with Crippen LogP contribution in [0, 0.1) is 6.92 Å². The average Bonchev–Trinajstić information content (AvgIpc) is 2.80. The molecule has 0 aliphatic carbocycles. The molecular formula is C24H16N4O4. The molecule has 8 heteroatoms. The topological polar surface area (TPSA) is 118 Å². The first-order valence-electron chi connectivity index (χ1n) is 9.21. The van der Waals surface area contributed by atoms with E-state index >= 15 is 0 Å². The van der Waals surface area contributed by atoms with Gasteiger partial charge in [-0.25, -0.2) is 19.2 Å². The maximum absolute atomic E-state index is 10.4. The average molecular weight is 424 g/mol. The molecule has 0 amide bonds. The van der Waals surface area contributed by atoms with E-state index in [1.165, 1.54) is 18.2 Å². The van der Waals surface area contributed by atoms with E-state index in [0.717, 1.165) is 11.1 Å². The normalized spacial score (nSPS) is 8.91. The highest BCUT2D eigenvalue weighted by atomic mass is 16.1. The third kappa shape index (κ3) is 6.90. The minimum Gasteiger partial charge on any atom is -0.211 e. The van der Waals surface area contributed by atoms with Crippen molar-refractivity contribution in [3.63, 3.8) is 0 Å². The van der Waals surface area contributed by atoms with Gasteiger partial charge in [0.15, 0.2) is 0 Å². The van der Waals surface area contributed by atoms with Crippen LogP contribution in [0.1, 0.15) is 16.7 Å². The van der Waals surface area contributed by atoms with Crippen molar-refractivity contribution < 1.29 is 19.2 Å². The molecule has 0 unspecified atom stereocenters. The Balaban J connectivity index is 0.000000244. The molecule has 0 atom stereocenters. The molecule has 0 radical (unpaired) electrons. The van der Waals surface area contributed by atoms with E-state index in [2.05, 4.69) is 20.0 Å². The molecule has 0 saturated heterocycles. The standard InChI is InChI=1S/C15H10N2O2.C9H6N2O2/c18-10-16-14-7-5-12(6-8-14)9-13-3-1-2-4-15(13)17-11-19;1-7-8(10-5-12)3-2-4-9(7)11-6-13/h1-8H,9H2;2-4H,1H3. The molecule has 0 heterocycles. The molecule has 3 aromatic carbocycles. The van der Waals surface area contributed by atoms with Crippen molar-refractivity contribution in [3.05, 3.63) is 83.4 Å². The Morgan fingerprint density at radius 1 is 0.594 bits per heavy atom. The fraction of sp³-hybridized carbons (Fsp3) is 0.0833. The number of benzene rings is 3. The van der Waals surface area contributed by atoms with E-state index in [-0.39, 0.29) is 0 Å². The zero-order valence-corrected chi connectivity index (χ0v) is 17.0. The first kappa shape index (κ1) is 23.5. The number of hydrogen-bond acceptors (Lipinski definition) is 8. The van der Waals surface area contributed by atoms with Crippen molar-refractivity contribution in [2.24, 2.45) is 20.0 Å². The second-order valence-corrected chi connectivity index (χ2v) is 6.21. The van der Waals surface area contributed by atoms with Gasteiger partial charge in [-0.2, -0.15) is 20.0 Å². The van der Waals surface area contributed by atoms with Gasteiger partial charge in [0.1, 0.15) is 0 Å². The van der Waals surface area contributed by atoms with Crippen molar-refractivity contribution in [1.29, 1.82) is 0 Å². The number of rotatable bonds is 6. The van der Waals surface area contributed by atoms with E-state index < -0.39 is 0 Å². The third-order valence-corrected chi connectivity index (χ3v) is 4.27. The van der Waals surface area contributed by atoms with Gasteiger partial charge in [0.25, 0.3) is 0 Å². The number of nitrogens with zero attached hydrogens (tertiary/aromatic N) is 4. The summed E-state index contributed by atoms with van der Waals surface area (Å²) in [6.07, 6.45) is 6.55. The minimum absolute atomic E-state index is 0.464. The van der Waals surface area contributed by atoms with Crippen LogP contribution in [-0.2, 0) is 25.6 Å². The smallest absolute Gasteiger partial charge is 0.211 e. The largest absolute Gasteiger partial charge is 0.240 e. The molecule has 3 rings (SSSR count). The quantitative estimate of drug-likeness (QED) is 0.402. The molecule has 0 spiro atoms. The van der Waals surface area contributed by atoms with Crippen molar-refractivity contribution >= 4 is 47.1 Å². The lowest BCUT2D eigenvalue weighted by atomic mass is 10.0. The Labute approximate surface area is 183 Å². The van der Waals surface area contributed by atoms with Gasteiger partial charge >= 0.3 is 0 Å². The van der Waals surface area contributed by atoms with Crippen LogP contribution in [0.2, 0.25) is 0 Å². The van der Waals surface area contributed by atoms with Gasteiger partial charge in [-0.05, 0) is 54.8 Å². The van der Waals surface area contributed by atoms with Gasteiger partial charge in [0.05, 0.1) is 22.7 Å². The SMILES string of the molecule is Cc1c(N=C=O)cccc1N=C=O.O=C=Nc1ccc(Cc2ccccc2N=C=O)cc1. The lowest BCUT2D eigenvalue weighted by Gasteiger charge is -2.04. The van der Waals surface area contributed by atoms with Gasteiger partial charge in [-0.1, -0.05) is 36.4 Å². The number of aliphatic imine (C=N–C) groups is 4. The van der Waals surface area contributed by atoms with Gasteiger partial charge in [0, 0.05) is 5.56 Å². The summed E-state index contributed by atoms with van der Waals surface area (Å²) in [5.74, 6) is 0. The molecule has 8 nitrogen and oxygen atoms in total. The van der Waals surface area contributed by atoms with Crippen LogP contribution in [-0.4, -0.2) is 24.3 Å². The molecule has 0 aromatic heterocycles. The van der Waals surface area contributed by atoms with E-state index in [1.807, 2.05) is 30.3 Å². The molecule has 0 fully saturated rings. The van der Waals surface area contributed by atoms with Crippen LogP contribution in [0.5, 0.6) is 0 Å². The summed E-state index contributed by atoms with van der Waals surface area (Å²) in [4.78, 5) is 54.6. The molecule has 0 N–H and O–H groups in total. The number of carbonyl (C=O) groups excluding carboxylic acids is 4. The van der Waals surface area contributed by atoms with Crippen LogP contribution in [0.25, 0.3) is 0 Å². The molecule has 156 valence electrons. The fourth-order valence-corrected chi connectivity index (χ4v) is 2.73. The molecule has 32 heavy (non-hydrogen) atoms. The van der Waals surface area contributed by atoms with Gasteiger partial charge in [-0.15, -0.1) is 0 Å². The second-order valence-electron chi connectivity index (χ2n) is 6.21. The highest BCUT2D eigenvalue weighted by Gasteiger charge is 2.02. The Morgan fingerprint density at radius 2 is 1.09 bits per heavy atom. The van der Waals surface area contributed by atoms with E-state index in [9.17, 15) is 19.2 Å². The van der Waals surface area contributed by atoms with Gasteiger partial charge in [0.2, 0.25) is 24.3 Å². The summed E-state index contributed by atoms with van der Waals surface area (Å²) in [5.41, 5.74) is 4.76. The molecular weight excluding hydrogens is 408 g/mol. The van der Waals surface area contributed by atoms with Crippen molar-refractivity contribution in [2.45, 2.75) is 13.3 Å². The molecule has 3 aromatic rings. The maximum Gasteiger partial charge on any atom is 0.240 e. The summed E-state index contributed by atoms with van der Waals surface area (Å²) in [6, 6.07) is 19.6. The monoisotopic (exact) mass is 424 g/mol. The summed E-state index contributed by atoms with van der Waals surface area (Å²) in [5, 5.41) is 0. The molecule has 0 saturated carbocycles. The first-order valence-corrected chi connectivity index (χ1v) is 9.21. The number of hydrogen-bond donors (Lipinski definition) is 0. The van der Waals surface area contributed by atoms with Crippen molar-refractivity contribution in [2.75, 3.05) is 0 Å². The predicted octanol–water partition coefficient (Wildman–Crippen LogP) is 5.14. The van der Waals surface area contributed by atoms with Crippen LogP contribution in [0.15, 0.2) is 86.7 Å². The van der Waals surface area contributed by atoms with Gasteiger partial charge < -0.3 is 0 Å². The molecule has 0 aliphatic rings. The lowest BCUT2D eigenvalue weighted by Crippen LogP contribution is -1.88. The Bertz CT molecular complexity index is 1240. The van der Waals surface area contributed by atoms with Crippen LogP contribution in [0.3, 0.4) is 0 Å². The summed E-state index contributed by atoms with van der Waals surface area (Å²) < 4.78 is 0. The number of para-hydroxylation sites is 1. The first-order chi connectivity index (χ1) is 15.6. The lowest BCUT2D eigenvalue weighted by molar-refractivity contribution is 0.564. The van der Waals surface area contributed by atoms with Gasteiger partial charge in [-0.3, -0.25) is 0 Å². The summed E-state index contributed by atoms with van der Waals surface area (Å²) in [7, 11) is 0. The fourth-order valence-electron chi connectivity index (χ4n) is 2.73. The molecule has 0 aliphatic heterocycles. The second kappa shape index (κ2) is 12.7. The predicted molar refractivity (Wildman–Crippen MR) is 118 cm³/mol. The summed E-state index contributed by atoms with van der Waals surface area (Å²) >= 11 is 0. The maximum atomic E-state index is 10.4. The zero-order valence-electron chi connectivity index (χ0n) is 17.0. The Kier molecular flexibility index (Phi) is 9.30. The van der Waals surface area contributed by atoms with Crippen LogP contribution in [0.4, 0.5) is 22.7 Å². The third-order valence-electron chi connectivity index (χ3n) is 4.27. The van der Waals surface area contributed by atoms with Crippen LogP contribution < -0.4 is 0 Å². The van der Waals surface area contributed by atoms with E-state index in [4.69, 9.17) is 0 Å². The van der Waals surface area contributed by atoms with E-state index in [0.29, 0.717) is 34.7 Å². The van der Waals surface area contributed by atoms with Crippen LogP contribution >= 0.6 is 0 Å². The van der Waals surface area contributed by atoms with E-state index in [1.54, 1.807) is 49.4 Å². The van der Waals surface area contributed by atoms with Crippen molar-refractivity contribution in [3.8, 4) is 0 Å². The highest BCUT2D eigenvalue weighted by Crippen LogP contribution is 2.27. The Hall–Kier alpha value is -4.82. The highest BCUT2D eigenvalue weighted by molar-refractivity contribution is 5.64. The summed E-state index contributed by atoms with van der Waals surface area (Å²) in [6.45, 7) is 1.71. The Morgan fingerprint density at radius 3 is 1.66 bits per heavy atom. The molecule has 0 bridgehead atoms.